The number of para-hydroxylation sites is 2. The van der Waals surface area contributed by atoms with Crippen molar-refractivity contribution in [3.8, 4) is 78.7 Å². The maximum Gasteiger partial charge on any atom is 0.252 e. The Hall–Kier alpha value is -12.0. The lowest BCUT2D eigenvalue weighted by molar-refractivity contribution is 1.07. The van der Waals surface area contributed by atoms with E-state index in [2.05, 4.69) is 337 Å². The van der Waals surface area contributed by atoms with E-state index in [0.717, 1.165) is 95.3 Å². The standard InChI is InChI=1S/C85H54BN5/c1-7-23-55(24-8-1)63-43-64(56-25-9-2-10-26-56)46-71(45-63)83-87-84(72-47-65(57-27-11-3-12-28-57)44-66(48-72)58-29-13-4-14-30-58)89-85(88-83)73-53-80-82-81(54-73)91(75-37-17-6-18-38-75)79-52-70-42-62-34-22-20-32-60(62)40-68(70)50-77(79)86(82)76-49-67-39-59-31-19-21-33-61(59)41-69(67)51-78(76)90(80)74-35-15-5-16-36-74/h1-54H. The van der Waals surface area contributed by atoms with Crippen molar-refractivity contribution in [3.05, 3.63) is 328 Å². The van der Waals surface area contributed by atoms with E-state index >= 15 is 0 Å². The quantitative estimate of drug-likeness (QED) is 0.106. The van der Waals surface area contributed by atoms with Gasteiger partial charge in [0.1, 0.15) is 0 Å². The topological polar surface area (TPSA) is 45.2 Å². The average Bonchev–Trinajstić information content (AvgIpc) is 0.745. The SMILES string of the molecule is c1ccc(-c2cc(-c3ccccc3)cc(-c3nc(-c4cc(-c5ccccc5)cc(-c5ccccc5)c4)nc(-c4cc5c6c(c4)N(c4ccccc4)c4cc7cc8ccccc8cc7cc4B6c4cc6cc7ccccc7cc6cc4N5c4ccccc4)n3)c2)cc1. The molecule has 1 aromatic heterocycles. The Balaban J connectivity index is 0.953. The highest BCUT2D eigenvalue weighted by Gasteiger charge is 2.44. The number of nitrogens with zero attached hydrogens (tertiary/aromatic N) is 5. The van der Waals surface area contributed by atoms with E-state index in [4.69, 9.17) is 15.0 Å². The average molecular weight is 1160 g/mol. The second kappa shape index (κ2) is 21.4. The molecule has 2 aliphatic rings. The van der Waals surface area contributed by atoms with E-state index in [9.17, 15) is 0 Å². The smallest absolute Gasteiger partial charge is 0.252 e. The zero-order chi connectivity index (χ0) is 59.9. The number of aromatic nitrogens is 3. The van der Waals surface area contributed by atoms with Crippen molar-refractivity contribution in [2.75, 3.05) is 9.80 Å². The summed E-state index contributed by atoms with van der Waals surface area (Å²) in [5.74, 6) is 1.69. The van der Waals surface area contributed by atoms with Gasteiger partial charge in [0.15, 0.2) is 17.5 Å². The lowest BCUT2D eigenvalue weighted by Crippen LogP contribution is -2.61. The van der Waals surface area contributed by atoms with Crippen LogP contribution in [0.2, 0.25) is 0 Å². The van der Waals surface area contributed by atoms with Gasteiger partial charge in [0, 0.05) is 50.8 Å². The Morgan fingerprint density at radius 2 is 0.462 bits per heavy atom. The Kier molecular flexibility index (Phi) is 12.3. The zero-order valence-corrected chi connectivity index (χ0v) is 49.5. The second-order valence-corrected chi connectivity index (χ2v) is 24.0. The molecule has 0 fully saturated rings. The van der Waals surface area contributed by atoms with Gasteiger partial charge in [-0.15, -0.1) is 0 Å². The maximum atomic E-state index is 5.76. The first-order valence-corrected chi connectivity index (χ1v) is 31.2. The first kappa shape index (κ1) is 52.2. The van der Waals surface area contributed by atoms with Gasteiger partial charge in [-0.3, -0.25) is 0 Å². The molecule has 5 nitrogen and oxygen atoms in total. The fourth-order valence-corrected chi connectivity index (χ4v) is 14.2. The number of fused-ring (bicyclic) bond motifs is 8. The molecule has 0 atom stereocenters. The van der Waals surface area contributed by atoms with Crippen molar-refractivity contribution in [2.24, 2.45) is 0 Å². The molecule has 15 aromatic carbocycles. The molecule has 2 aliphatic heterocycles. The van der Waals surface area contributed by atoms with Gasteiger partial charge in [-0.1, -0.05) is 218 Å². The van der Waals surface area contributed by atoms with Crippen molar-refractivity contribution in [1.29, 1.82) is 0 Å². The van der Waals surface area contributed by atoms with Crippen molar-refractivity contribution < 1.29 is 0 Å². The van der Waals surface area contributed by atoms with Crippen molar-refractivity contribution in [2.45, 2.75) is 0 Å². The van der Waals surface area contributed by atoms with E-state index in [1.807, 2.05) is 0 Å². The van der Waals surface area contributed by atoms with E-state index in [0.29, 0.717) is 17.5 Å². The number of rotatable bonds is 9. The minimum absolute atomic E-state index is 0.172. The van der Waals surface area contributed by atoms with Gasteiger partial charge in [-0.25, -0.2) is 15.0 Å². The summed E-state index contributed by atoms with van der Waals surface area (Å²) in [5, 5.41) is 9.61. The molecule has 0 aliphatic carbocycles. The molecule has 18 rings (SSSR count). The summed E-state index contributed by atoms with van der Waals surface area (Å²) in [6.45, 7) is -0.172. The van der Waals surface area contributed by atoms with Crippen LogP contribution in [0.15, 0.2) is 328 Å². The van der Waals surface area contributed by atoms with Crippen LogP contribution in [0.1, 0.15) is 0 Å². The Morgan fingerprint density at radius 1 is 0.198 bits per heavy atom. The summed E-state index contributed by atoms with van der Waals surface area (Å²) >= 11 is 0. The third-order valence-corrected chi connectivity index (χ3v) is 18.4. The molecular weight excluding hydrogens is 1100 g/mol. The molecule has 3 heterocycles. The first-order chi connectivity index (χ1) is 45.0. The predicted octanol–water partition coefficient (Wildman–Crippen LogP) is 20.2. The molecule has 0 radical (unpaired) electrons. The highest BCUT2D eigenvalue weighted by atomic mass is 15.2. The zero-order valence-electron chi connectivity index (χ0n) is 49.5. The Labute approximate surface area is 528 Å². The summed E-state index contributed by atoms with van der Waals surface area (Å²) in [4.78, 5) is 22.1. The van der Waals surface area contributed by atoms with E-state index in [1.165, 1.54) is 59.5 Å². The van der Waals surface area contributed by atoms with Gasteiger partial charge >= 0.3 is 0 Å². The number of hydrogen-bond acceptors (Lipinski definition) is 5. The lowest BCUT2D eigenvalue weighted by Gasteiger charge is -2.44. The molecule has 0 saturated carbocycles. The summed E-state index contributed by atoms with van der Waals surface area (Å²) in [6, 6.07) is 119. The first-order valence-electron chi connectivity index (χ1n) is 31.2. The van der Waals surface area contributed by atoms with Gasteiger partial charge in [-0.2, -0.15) is 0 Å². The largest absolute Gasteiger partial charge is 0.311 e. The maximum absolute atomic E-state index is 5.76. The van der Waals surface area contributed by atoms with Crippen molar-refractivity contribution in [3.63, 3.8) is 0 Å². The molecule has 0 N–H and O–H groups in total. The van der Waals surface area contributed by atoms with Crippen LogP contribution < -0.4 is 26.2 Å². The van der Waals surface area contributed by atoms with Gasteiger partial charge in [0.05, 0.1) is 0 Å². The molecule has 0 unspecified atom stereocenters. The number of benzene rings is 15. The summed E-state index contributed by atoms with van der Waals surface area (Å²) in [5.41, 5.74) is 21.5. The fourth-order valence-electron chi connectivity index (χ4n) is 14.2. The van der Waals surface area contributed by atoms with Crippen molar-refractivity contribution >= 4 is 100 Å². The van der Waals surface area contributed by atoms with Gasteiger partial charge in [0.2, 0.25) is 0 Å². The van der Waals surface area contributed by atoms with Crippen LogP contribution in [0.4, 0.5) is 34.1 Å². The minimum atomic E-state index is -0.172. The number of anilines is 6. The molecule has 0 amide bonds. The van der Waals surface area contributed by atoms with Gasteiger partial charge < -0.3 is 9.80 Å². The minimum Gasteiger partial charge on any atom is -0.311 e. The molecule has 0 saturated heterocycles. The van der Waals surface area contributed by atoms with Crippen LogP contribution in [0.25, 0.3) is 122 Å². The van der Waals surface area contributed by atoms with Crippen LogP contribution in [0.5, 0.6) is 0 Å². The van der Waals surface area contributed by atoms with Crippen LogP contribution >= 0.6 is 0 Å². The molecular formula is C85H54BN5. The molecule has 6 heteroatoms. The van der Waals surface area contributed by atoms with Crippen LogP contribution in [0.3, 0.4) is 0 Å². The second-order valence-electron chi connectivity index (χ2n) is 24.0. The monoisotopic (exact) mass is 1160 g/mol. The Bertz CT molecular complexity index is 5080. The van der Waals surface area contributed by atoms with Crippen LogP contribution in [0, 0.1) is 0 Å². The summed E-state index contributed by atoms with van der Waals surface area (Å²) in [6.07, 6.45) is 0. The van der Waals surface area contributed by atoms with E-state index < -0.39 is 0 Å². The normalized spacial score (nSPS) is 12.3. The highest BCUT2D eigenvalue weighted by Crippen LogP contribution is 2.48. The Morgan fingerprint density at radius 3 is 0.780 bits per heavy atom. The molecule has 0 bridgehead atoms. The molecule has 422 valence electrons. The third-order valence-electron chi connectivity index (χ3n) is 18.4. The van der Waals surface area contributed by atoms with Crippen LogP contribution in [-0.2, 0) is 0 Å². The summed E-state index contributed by atoms with van der Waals surface area (Å²) < 4.78 is 0. The van der Waals surface area contributed by atoms with Crippen molar-refractivity contribution in [1.82, 2.24) is 15.0 Å². The number of hydrogen-bond donors (Lipinski definition) is 0. The molecule has 91 heavy (non-hydrogen) atoms. The third kappa shape index (κ3) is 9.15. The highest BCUT2D eigenvalue weighted by molar-refractivity contribution is 7.00. The van der Waals surface area contributed by atoms with Gasteiger partial charge in [-0.05, 0) is 213 Å². The van der Waals surface area contributed by atoms with Crippen LogP contribution in [-0.4, -0.2) is 21.7 Å². The fraction of sp³-hybridized carbons (Fsp3) is 0. The summed E-state index contributed by atoms with van der Waals surface area (Å²) in [7, 11) is 0. The predicted molar refractivity (Wildman–Crippen MR) is 382 cm³/mol. The van der Waals surface area contributed by atoms with E-state index in [-0.39, 0.29) is 6.71 Å². The molecule has 0 spiro atoms. The van der Waals surface area contributed by atoms with E-state index in [1.54, 1.807) is 0 Å². The van der Waals surface area contributed by atoms with Gasteiger partial charge in [0.25, 0.3) is 6.71 Å². The lowest BCUT2D eigenvalue weighted by atomic mass is 9.33. The molecule has 16 aromatic rings.